The number of para-hydroxylation sites is 1. The molecule has 2 aromatic rings. The minimum absolute atomic E-state index is 0.0785. The predicted molar refractivity (Wildman–Crippen MR) is 113 cm³/mol. The highest BCUT2D eigenvalue weighted by Gasteiger charge is 2.21. The van der Waals surface area contributed by atoms with Crippen LogP contribution in [0.3, 0.4) is 0 Å². The van der Waals surface area contributed by atoms with Gasteiger partial charge in [0.1, 0.15) is 5.69 Å². The Morgan fingerprint density at radius 2 is 1.93 bits per heavy atom. The number of nitrogens with zero attached hydrogens (tertiary/aromatic N) is 3. The molecule has 1 amide bonds. The monoisotopic (exact) mass is 402 g/mol. The molecule has 0 bridgehead atoms. The number of aromatic nitrogens is 2. The third-order valence-corrected chi connectivity index (χ3v) is 5.49. The first-order valence-electron chi connectivity index (χ1n) is 9.91. The molecule has 0 unspecified atom stereocenters. The zero-order valence-corrected chi connectivity index (χ0v) is 17.7. The van der Waals surface area contributed by atoms with Gasteiger partial charge >= 0.3 is 0 Å². The molecule has 2 atom stereocenters. The van der Waals surface area contributed by atoms with Crippen molar-refractivity contribution in [3.63, 3.8) is 0 Å². The van der Waals surface area contributed by atoms with Crippen LogP contribution in [0.4, 0.5) is 0 Å². The van der Waals surface area contributed by atoms with Crippen molar-refractivity contribution >= 4 is 17.7 Å². The van der Waals surface area contributed by atoms with Gasteiger partial charge in [-0.2, -0.15) is 0 Å². The molecule has 1 aromatic heterocycles. The zero-order valence-electron chi connectivity index (χ0n) is 16.9. The smallest absolute Gasteiger partial charge is 0.269 e. The van der Waals surface area contributed by atoms with Gasteiger partial charge in [0.05, 0.1) is 18.4 Å². The van der Waals surface area contributed by atoms with E-state index < -0.39 is 0 Å². The van der Waals surface area contributed by atoms with Crippen LogP contribution in [0.15, 0.2) is 41.7 Å². The summed E-state index contributed by atoms with van der Waals surface area (Å²) in [6, 6.07) is 9.88. The Kier molecular flexibility index (Phi) is 7.53. The third kappa shape index (κ3) is 5.37. The summed E-state index contributed by atoms with van der Waals surface area (Å²) in [5.74, 6) is -0.0785. The van der Waals surface area contributed by atoms with Crippen LogP contribution in [0.5, 0.6) is 0 Å². The van der Waals surface area contributed by atoms with Gasteiger partial charge in [0.15, 0.2) is 5.16 Å². The number of thioether (sulfide) groups is 1. The first-order valence-corrected chi connectivity index (χ1v) is 11.1. The van der Waals surface area contributed by atoms with Gasteiger partial charge in [0, 0.05) is 25.3 Å². The number of hydrogen-bond donors (Lipinski definition) is 1. The number of benzene rings is 1. The molecular weight excluding hydrogens is 372 g/mol. The molecule has 1 aliphatic rings. The summed E-state index contributed by atoms with van der Waals surface area (Å²) in [5, 5.41) is 3.86. The Labute approximate surface area is 171 Å². The molecule has 1 N–H and O–H groups in total. The van der Waals surface area contributed by atoms with Gasteiger partial charge in [-0.1, -0.05) is 30.0 Å². The van der Waals surface area contributed by atoms with E-state index in [-0.39, 0.29) is 5.91 Å². The van der Waals surface area contributed by atoms with Crippen molar-refractivity contribution in [1.82, 2.24) is 19.8 Å². The van der Waals surface area contributed by atoms with E-state index in [4.69, 9.17) is 4.74 Å². The molecule has 1 aliphatic heterocycles. The number of hydrogen-bond acceptors (Lipinski definition) is 5. The van der Waals surface area contributed by atoms with Crippen LogP contribution in [-0.4, -0.2) is 65.0 Å². The molecule has 1 fully saturated rings. The molecule has 6 nitrogen and oxygen atoms in total. The van der Waals surface area contributed by atoms with Gasteiger partial charge in [-0.15, -0.1) is 0 Å². The van der Waals surface area contributed by atoms with Crippen LogP contribution in [0.1, 0.15) is 37.2 Å². The van der Waals surface area contributed by atoms with E-state index in [1.54, 1.807) is 6.20 Å². The highest BCUT2D eigenvalue weighted by Crippen LogP contribution is 2.21. The Morgan fingerprint density at radius 1 is 1.21 bits per heavy atom. The first-order chi connectivity index (χ1) is 13.6. The van der Waals surface area contributed by atoms with E-state index in [0.717, 1.165) is 43.3 Å². The number of morpholine rings is 1. The average Bonchev–Trinajstić information content (AvgIpc) is 3.12. The summed E-state index contributed by atoms with van der Waals surface area (Å²) >= 11 is 1.53. The van der Waals surface area contributed by atoms with E-state index in [9.17, 15) is 4.79 Å². The summed E-state index contributed by atoms with van der Waals surface area (Å²) in [5.41, 5.74) is 1.52. The van der Waals surface area contributed by atoms with Crippen LogP contribution in [-0.2, 0) is 4.74 Å². The highest BCUT2D eigenvalue weighted by molar-refractivity contribution is 7.98. The van der Waals surface area contributed by atoms with Crippen molar-refractivity contribution in [3.05, 3.63) is 42.2 Å². The predicted octanol–water partition coefficient (Wildman–Crippen LogP) is 3.21. The summed E-state index contributed by atoms with van der Waals surface area (Å²) in [6.07, 6.45) is 6.25. The number of unbranched alkanes of at least 4 members (excludes halogenated alkanes) is 1. The number of nitrogens with one attached hydrogen (secondary N) is 1. The van der Waals surface area contributed by atoms with Gasteiger partial charge in [0.25, 0.3) is 5.91 Å². The highest BCUT2D eigenvalue weighted by atomic mass is 32.2. The minimum Gasteiger partial charge on any atom is -0.373 e. The molecule has 0 spiro atoms. The minimum atomic E-state index is -0.0785. The molecule has 0 aliphatic carbocycles. The average molecular weight is 403 g/mol. The summed E-state index contributed by atoms with van der Waals surface area (Å²) < 4.78 is 7.69. The van der Waals surface area contributed by atoms with Crippen LogP contribution >= 0.6 is 11.8 Å². The summed E-state index contributed by atoms with van der Waals surface area (Å²) in [6.45, 7) is 7.95. The lowest BCUT2D eigenvalue weighted by molar-refractivity contribution is -0.0681. The van der Waals surface area contributed by atoms with Gasteiger partial charge < -0.3 is 10.1 Å². The number of amides is 1. The maximum atomic E-state index is 12.7. The molecule has 152 valence electrons. The van der Waals surface area contributed by atoms with E-state index in [0.29, 0.717) is 24.4 Å². The third-order valence-electron chi connectivity index (χ3n) is 4.84. The van der Waals surface area contributed by atoms with Crippen molar-refractivity contribution in [1.29, 1.82) is 0 Å². The fourth-order valence-electron chi connectivity index (χ4n) is 3.69. The molecule has 7 heteroatoms. The van der Waals surface area contributed by atoms with E-state index in [1.807, 2.05) is 41.2 Å². The molecule has 3 rings (SSSR count). The fraction of sp³-hybridized carbons (Fsp3) is 0.524. The maximum Gasteiger partial charge on any atom is 0.269 e. The fourth-order valence-corrected chi connectivity index (χ4v) is 4.23. The van der Waals surface area contributed by atoms with Crippen molar-refractivity contribution in [2.75, 3.05) is 32.4 Å². The first kappa shape index (κ1) is 20.9. The number of carbonyl (C=O) groups excluding carboxylic acids is 1. The molecule has 1 aromatic carbocycles. The SMILES string of the molecule is CSc1ncc(C(=O)NCCCCN2C[C@@H](C)O[C@H](C)C2)n1-c1ccccc1. The number of carbonyl (C=O) groups is 1. The standard InChI is InChI=1S/C21H30N4O2S/c1-16-14-24(15-17(2)27-16)12-8-7-11-22-20(26)19-13-23-21(28-3)25(19)18-9-5-4-6-10-18/h4-6,9-10,13,16-17H,7-8,11-12,14-15H2,1-3H3,(H,22,26)/t16-,17-/m1/s1. The Hall–Kier alpha value is -1.83. The Bertz CT molecular complexity index is 755. The topological polar surface area (TPSA) is 59.4 Å². The van der Waals surface area contributed by atoms with E-state index in [1.165, 1.54) is 11.8 Å². The lowest BCUT2D eigenvalue weighted by Gasteiger charge is -2.35. The largest absolute Gasteiger partial charge is 0.373 e. The second-order valence-electron chi connectivity index (χ2n) is 7.28. The van der Waals surface area contributed by atoms with Crippen molar-refractivity contribution in [2.45, 2.75) is 44.1 Å². The number of imidazole rings is 1. The van der Waals surface area contributed by atoms with Crippen LogP contribution in [0.2, 0.25) is 0 Å². The number of ether oxygens (including phenoxy) is 1. The summed E-state index contributed by atoms with van der Waals surface area (Å²) in [4.78, 5) is 19.6. The van der Waals surface area contributed by atoms with Crippen molar-refractivity contribution in [2.24, 2.45) is 0 Å². The Morgan fingerprint density at radius 3 is 2.61 bits per heavy atom. The molecule has 0 saturated carbocycles. The van der Waals surface area contributed by atoms with E-state index >= 15 is 0 Å². The molecule has 1 saturated heterocycles. The lowest BCUT2D eigenvalue weighted by Crippen LogP contribution is -2.45. The van der Waals surface area contributed by atoms with Crippen LogP contribution in [0, 0.1) is 0 Å². The zero-order chi connectivity index (χ0) is 19.9. The van der Waals surface area contributed by atoms with Gasteiger partial charge in [-0.25, -0.2) is 4.98 Å². The number of rotatable bonds is 8. The lowest BCUT2D eigenvalue weighted by atomic mass is 10.2. The molecule has 0 radical (unpaired) electrons. The second-order valence-corrected chi connectivity index (χ2v) is 8.05. The molecule has 2 heterocycles. The molecular formula is C21H30N4O2S. The van der Waals surface area contributed by atoms with Gasteiger partial charge in [-0.05, 0) is 51.6 Å². The Balaban J connectivity index is 1.50. The summed E-state index contributed by atoms with van der Waals surface area (Å²) in [7, 11) is 0. The van der Waals surface area contributed by atoms with Crippen molar-refractivity contribution in [3.8, 4) is 5.69 Å². The van der Waals surface area contributed by atoms with Crippen LogP contribution in [0.25, 0.3) is 5.69 Å². The second kappa shape index (κ2) is 10.1. The maximum absolute atomic E-state index is 12.7. The van der Waals surface area contributed by atoms with Gasteiger partial charge in [0.2, 0.25) is 0 Å². The van der Waals surface area contributed by atoms with Crippen LogP contribution < -0.4 is 5.32 Å². The van der Waals surface area contributed by atoms with Crippen molar-refractivity contribution < 1.29 is 9.53 Å². The quantitative estimate of drug-likeness (QED) is 0.543. The van der Waals surface area contributed by atoms with Gasteiger partial charge in [-0.3, -0.25) is 14.3 Å². The molecule has 28 heavy (non-hydrogen) atoms. The van der Waals surface area contributed by atoms with E-state index in [2.05, 4.69) is 29.0 Å². The normalized spacial score (nSPS) is 20.2.